The molecule has 1 N–H and O–H groups in total. The summed E-state index contributed by atoms with van der Waals surface area (Å²) in [5.41, 5.74) is 1.32. The van der Waals surface area contributed by atoms with E-state index < -0.39 is 11.9 Å². The molecular weight excluding hydrogens is 495 g/mol. The summed E-state index contributed by atoms with van der Waals surface area (Å²) in [6, 6.07) is 22.7. The van der Waals surface area contributed by atoms with Crippen molar-refractivity contribution < 1.29 is 14.0 Å². The molecule has 7 heteroatoms. The van der Waals surface area contributed by atoms with Crippen LogP contribution in [-0.4, -0.2) is 35.1 Å². The molecule has 0 unspecified atom stereocenters. The number of halogens is 2. The summed E-state index contributed by atoms with van der Waals surface area (Å²) in [4.78, 5) is 29.5. The molecule has 0 spiro atoms. The van der Waals surface area contributed by atoms with Crippen molar-refractivity contribution >= 4 is 35.2 Å². The van der Waals surface area contributed by atoms with E-state index in [1.807, 2.05) is 54.6 Å². The van der Waals surface area contributed by atoms with E-state index in [-0.39, 0.29) is 24.8 Å². The minimum Gasteiger partial charge on any atom is -0.354 e. The van der Waals surface area contributed by atoms with E-state index >= 15 is 0 Å². The molecule has 0 saturated heterocycles. The van der Waals surface area contributed by atoms with E-state index in [1.165, 1.54) is 11.0 Å². The number of nitrogens with one attached hydrogen (secondary N) is 1. The Balaban J connectivity index is 1.83. The van der Waals surface area contributed by atoms with Crippen molar-refractivity contribution in [3.63, 3.8) is 0 Å². The minimum absolute atomic E-state index is 0.0236. The maximum absolute atomic E-state index is 14.6. The molecule has 4 nitrogen and oxygen atoms in total. The number of rotatable bonds is 13. The van der Waals surface area contributed by atoms with Crippen LogP contribution >= 0.6 is 23.4 Å². The standard InChI is InChI=1S/C29H32ClFN2O2S/c1-2-3-18-32-29(35)27(20-22-9-5-4-6-10-22)33(21-23-11-7-8-12-26(23)31)28(34)17-19-36-25-15-13-24(30)14-16-25/h4-16,27H,2-3,17-21H2,1H3,(H,32,35)/t27-/m0/s1. The fourth-order valence-electron chi connectivity index (χ4n) is 3.80. The number of hydrogen-bond donors (Lipinski definition) is 1. The van der Waals surface area contributed by atoms with Crippen LogP contribution < -0.4 is 5.32 Å². The van der Waals surface area contributed by atoms with Gasteiger partial charge in [-0.05, 0) is 42.3 Å². The van der Waals surface area contributed by atoms with Gasteiger partial charge in [-0.2, -0.15) is 0 Å². The van der Waals surface area contributed by atoms with Gasteiger partial charge in [-0.3, -0.25) is 9.59 Å². The van der Waals surface area contributed by atoms with E-state index in [4.69, 9.17) is 11.6 Å². The molecule has 0 saturated carbocycles. The second kappa shape index (κ2) is 14.7. The average molecular weight is 527 g/mol. The first-order valence-electron chi connectivity index (χ1n) is 12.2. The van der Waals surface area contributed by atoms with Crippen molar-refractivity contribution in [3.8, 4) is 0 Å². The lowest BCUT2D eigenvalue weighted by atomic mass is 10.0. The molecular formula is C29H32ClFN2O2S. The Kier molecular flexibility index (Phi) is 11.3. The Morgan fingerprint density at radius 3 is 2.39 bits per heavy atom. The van der Waals surface area contributed by atoms with Gasteiger partial charge in [0.1, 0.15) is 11.9 Å². The van der Waals surface area contributed by atoms with Gasteiger partial charge in [0, 0.05) is 47.2 Å². The lowest BCUT2D eigenvalue weighted by Crippen LogP contribution is -2.50. The van der Waals surface area contributed by atoms with Crippen LogP contribution in [0.25, 0.3) is 0 Å². The molecule has 0 aliphatic heterocycles. The molecule has 3 aromatic rings. The molecule has 0 heterocycles. The molecule has 0 bridgehead atoms. The monoisotopic (exact) mass is 526 g/mol. The summed E-state index contributed by atoms with van der Waals surface area (Å²) in [5, 5.41) is 3.64. The SMILES string of the molecule is CCCCNC(=O)[C@H](Cc1ccccc1)N(Cc1ccccc1F)C(=O)CCSc1ccc(Cl)cc1. The average Bonchev–Trinajstić information content (AvgIpc) is 2.89. The van der Waals surface area contributed by atoms with Crippen molar-refractivity contribution in [1.82, 2.24) is 10.2 Å². The normalized spacial score (nSPS) is 11.6. The van der Waals surface area contributed by atoms with Crippen LogP contribution in [-0.2, 0) is 22.6 Å². The first-order chi connectivity index (χ1) is 17.5. The molecule has 3 aromatic carbocycles. The van der Waals surface area contributed by atoms with Gasteiger partial charge in [0.15, 0.2) is 0 Å². The number of carbonyl (C=O) groups is 2. The van der Waals surface area contributed by atoms with Crippen molar-refractivity contribution in [2.24, 2.45) is 0 Å². The molecule has 1 atom stereocenters. The van der Waals surface area contributed by atoms with Gasteiger partial charge in [0.05, 0.1) is 0 Å². The summed E-state index contributed by atoms with van der Waals surface area (Å²) < 4.78 is 14.6. The predicted molar refractivity (Wildman–Crippen MR) is 146 cm³/mol. The number of amides is 2. The first-order valence-corrected chi connectivity index (χ1v) is 13.6. The second-order valence-corrected chi connectivity index (χ2v) is 10.1. The Hall–Kier alpha value is -2.83. The summed E-state index contributed by atoms with van der Waals surface area (Å²) in [6.45, 7) is 2.62. The van der Waals surface area contributed by atoms with Crippen LogP contribution in [0, 0.1) is 5.82 Å². The van der Waals surface area contributed by atoms with Crippen molar-refractivity contribution in [2.45, 2.75) is 50.1 Å². The summed E-state index contributed by atoms with van der Waals surface area (Å²) >= 11 is 7.51. The van der Waals surface area contributed by atoms with E-state index in [1.54, 1.807) is 30.0 Å². The Morgan fingerprint density at radius 2 is 1.69 bits per heavy atom. The van der Waals surface area contributed by atoms with Gasteiger partial charge in [0.25, 0.3) is 0 Å². The highest BCUT2D eigenvalue weighted by molar-refractivity contribution is 7.99. The smallest absolute Gasteiger partial charge is 0.243 e. The fourth-order valence-corrected chi connectivity index (χ4v) is 4.77. The highest BCUT2D eigenvalue weighted by Crippen LogP contribution is 2.23. The van der Waals surface area contributed by atoms with Gasteiger partial charge in [-0.15, -0.1) is 11.8 Å². The van der Waals surface area contributed by atoms with E-state index in [2.05, 4.69) is 12.2 Å². The molecule has 2 amide bonds. The van der Waals surface area contributed by atoms with Gasteiger partial charge in [0.2, 0.25) is 11.8 Å². The highest BCUT2D eigenvalue weighted by atomic mass is 35.5. The third kappa shape index (κ3) is 8.68. The van der Waals surface area contributed by atoms with E-state index in [0.29, 0.717) is 29.3 Å². The first kappa shape index (κ1) is 27.8. The summed E-state index contributed by atoms with van der Waals surface area (Å²) in [5.74, 6) is -0.270. The molecule has 0 aliphatic carbocycles. The zero-order chi connectivity index (χ0) is 25.8. The molecule has 190 valence electrons. The van der Waals surface area contributed by atoms with Crippen LogP contribution in [0.3, 0.4) is 0 Å². The molecule has 0 radical (unpaired) electrons. The molecule has 3 rings (SSSR count). The Morgan fingerprint density at radius 1 is 1.00 bits per heavy atom. The fraction of sp³-hybridized carbons (Fsp3) is 0.310. The maximum atomic E-state index is 14.6. The lowest BCUT2D eigenvalue weighted by Gasteiger charge is -2.31. The minimum atomic E-state index is -0.753. The third-order valence-electron chi connectivity index (χ3n) is 5.80. The molecule has 36 heavy (non-hydrogen) atoms. The summed E-state index contributed by atoms with van der Waals surface area (Å²) in [6.07, 6.45) is 2.37. The highest BCUT2D eigenvalue weighted by Gasteiger charge is 2.30. The van der Waals surface area contributed by atoms with Crippen LogP contribution in [0.5, 0.6) is 0 Å². The van der Waals surface area contributed by atoms with Crippen LogP contribution in [0.1, 0.15) is 37.3 Å². The number of benzene rings is 3. The quantitative estimate of drug-likeness (QED) is 0.204. The van der Waals surface area contributed by atoms with Crippen LogP contribution in [0.2, 0.25) is 5.02 Å². The van der Waals surface area contributed by atoms with Crippen molar-refractivity contribution in [1.29, 1.82) is 0 Å². The van der Waals surface area contributed by atoms with Crippen molar-refractivity contribution in [2.75, 3.05) is 12.3 Å². The van der Waals surface area contributed by atoms with Gasteiger partial charge < -0.3 is 10.2 Å². The Labute approximate surface area is 222 Å². The number of hydrogen-bond acceptors (Lipinski definition) is 3. The summed E-state index contributed by atoms with van der Waals surface area (Å²) in [7, 11) is 0. The van der Waals surface area contributed by atoms with Gasteiger partial charge in [-0.25, -0.2) is 4.39 Å². The zero-order valence-electron chi connectivity index (χ0n) is 20.5. The number of unbranched alkanes of at least 4 members (excludes halogenated alkanes) is 1. The van der Waals surface area contributed by atoms with E-state index in [0.717, 1.165) is 23.3 Å². The Bertz CT molecular complexity index is 1110. The third-order valence-corrected chi connectivity index (χ3v) is 7.06. The van der Waals surface area contributed by atoms with Crippen molar-refractivity contribution in [3.05, 3.63) is 101 Å². The van der Waals surface area contributed by atoms with Gasteiger partial charge in [-0.1, -0.05) is 73.5 Å². The molecule has 0 aromatic heterocycles. The van der Waals surface area contributed by atoms with E-state index in [9.17, 15) is 14.0 Å². The van der Waals surface area contributed by atoms with Crippen LogP contribution in [0.4, 0.5) is 4.39 Å². The van der Waals surface area contributed by atoms with Gasteiger partial charge >= 0.3 is 0 Å². The van der Waals surface area contributed by atoms with Crippen LogP contribution in [0.15, 0.2) is 83.8 Å². The topological polar surface area (TPSA) is 49.4 Å². The largest absolute Gasteiger partial charge is 0.354 e. The predicted octanol–water partition coefficient (Wildman–Crippen LogP) is 6.52. The number of carbonyl (C=O) groups excluding carboxylic acids is 2. The molecule has 0 fully saturated rings. The zero-order valence-corrected chi connectivity index (χ0v) is 22.0. The molecule has 0 aliphatic rings. The number of thioether (sulfide) groups is 1. The lowest BCUT2D eigenvalue weighted by molar-refractivity contribution is -0.141. The number of nitrogens with zero attached hydrogens (tertiary/aromatic N) is 1. The second-order valence-electron chi connectivity index (χ2n) is 8.52. The maximum Gasteiger partial charge on any atom is 0.243 e.